The number of carbonyl (C=O) groups is 6. The van der Waals surface area contributed by atoms with Gasteiger partial charge in [0.15, 0.2) is 17.4 Å². The number of fused-ring (bicyclic) bond motifs is 2. The smallest absolute Gasteiger partial charge is 0.325 e. The lowest BCUT2D eigenvalue weighted by molar-refractivity contribution is -0.267. The third-order valence-corrected chi connectivity index (χ3v) is 17.3. The van der Waals surface area contributed by atoms with E-state index in [0.29, 0.717) is 24.5 Å². The number of aliphatic hydroxyl groups is 6. The van der Waals surface area contributed by atoms with Crippen molar-refractivity contribution in [2.24, 2.45) is 47.3 Å². The standard InChI is InChI=1S/C59H89F2N5O15/c1-11-37-25-32(6)59(64-54(37)75)36(10)52(73)35(9)48(81-59)28-44(70)30(4)19-22-43(69)45(71)24-31(5)47-18-14-12-13-17-42(68)34(8)53(74)39(21-20-33(7)67)55(76)62-50(29(2)3)56(77)63-51(38-26-40(60)49(61)46(72)27-38)57(78)66-23-15-16-41(65-66)58(79)80-47/h12-14,17,24,26-27,29-30,32,34-37,39,41-45,47-48,50-53,65,68-74H,11,15-16,18-23,25,28H2,1-10H3,(H,62,76)(H,63,77)(H,64,75)/b14-12+,17-13+,31-24+/t30-,32-,34-,35-,36-,37-,39+,41?,42-,43?,44-,45?,47-,48-,50-,51?,52-,53+,59+/m0/s1. The Hall–Kier alpha value is -5.20. The van der Waals surface area contributed by atoms with Crippen LogP contribution >= 0.6 is 0 Å². The molecule has 3 fully saturated rings. The van der Waals surface area contributed by atoms with Crippen LogP contribution < -0.4 is 21.4 Å². The number of halogens is 2. The van der Waals surface area contributed by atoms with Crippen molar-refractivity contribution in [2.75, 3.05) is 6.54 Å². The monoisotopic (exact) mass is 1150 g/mol. The van der Waals surface area contributed by atoms with Gasteiger partial charge in [-0.1, -0.05) is 85.8 Å². The normalized spacial score (nSPS) is 34.8. The number of benzene rings is 1. The lowest BCUT2D eigenvalue weighted by atomic mass is 9.69. The zero-order valence-electron chi connectivity index (χ0n) is 48.4. The Morgan fingerprint density at radius 2 is 1.59 bits per heavy atom. The topological polar surface area (TPSA) is 314 Å². The Bertz CT molecular complexity index is 2440. The molecular weight excluding hydrogens is 1060 g/mol. The number of Topliss-reactive ketones (excluding diaryl/α,β-unsaturated/α-hetero) is 1. The zero-order valence-corrected chi connectivity index (χ0v) is 48.4. The van der Waals surface area contributed by atoms with Gasteiger partial charge in [-0.25, -0.2) is 9.82 Å². The van der Waals surface area contributed by atoms with Gasteiger partial charge in [0.1, 0.15) is 35.7 Å². The summed E-state index contributed by atoms with van der Waals surface area (Å²) in [7, 11) is 0. The van der Waals surface area contributed by atoms with Gasteiger partial charge in [0.2, 0.25) is 17.7 Å². The zero-order chi connectivity index (χ0) is 60.4. The van der Waals surface area contributed by atoms with Crippen LogP contribution in [-0.4, -0.2) is 149 Å². The van der Waals surface area contributed by atoms with Crippen LogP contribution in [0.4, 0.5) is 8.78 Å². The van der Waals surface area contributed by atoms with Crippen LogP contribution in [0, 0.1) is 59.0 Å². The van der Waals surface area contributed by atoms with E-state index in [1.54, 1.807) is 33.8 Å². The van der Waals surface area contributed by atoms with Gasteiger partial charge in [-0.05, 0) is 93.9 Å². The van der Waals surface area contributed by atoms with E-state index in [-0.39, 0.29) is 87.4 Å². The molecule has 454 valence electrons. The van der Waals surface area contributed by atoms with Crippen LogP contribution in [0.2, 0.25) is 0 Å². The number of allylic oxidation sites excluding steroid dienone is 2. The predicted octanol–water partition coefficient (Wildman–Crippen LogP) is 3.98. The van der Waals surface area contributed by atoms with E-state index in [4.69, 9.17) is 9.47 Å². The number of aromatic hydroxyl groups is 1. The molecule has 11 N–H and O–H groups in total. The molecule has 0 saturated carbocycles. The Morgan fingerprint density at radius 3 is 2.23 bits per heavy atom. The number of cyclic esters (lactones) is 1. The van der Waals surface area contributed by atoms with Crippen LogP contribution in [0.5, 0.6) is 5.75 Å². The van der Waals surface area contributed by atoms with Crippen LogP contribution in [0.1, 0.15) is 145 Å². The second-order valence-electron chi connectivity index (χ2n) is 23.6. The fourth-order valence-corrected chi connectivity index (χ4v) is 11.5. The first-order valence-electron chi connectivity index (χ1n) is 28.7. The van der Waals surface area contributed by atoms with E-state index >= 15 is 0 Å². The number of amides is 4. The molecule has 1 aromatic carbocycles. The first kappa shape index (κ1) is 66.6. The summed E-state index contributed by atoms with van der Waals surface area (Å²) in [5, 5.41) is 87.9. The van der Waals surface area contributed by atoms with Crippen molar-refractivity contribution < 1.29 is 82.8 Å². The minimum atomic E-state index is -1.86. The average Bonchev–Trinajstić information content (AvgIpc) is 3.63. The summed E-state index contributed by atoms with van der Waals surface area (Å²) < 4.78 is 42.1. The molecular formula is C59H89F2N5O15. The first-order valence-corrected chi connectivity index (χ1v) is 28.7. The SMILES string of the molecule is CC[C@H]1C[C@H](C)[C@@]2(NC1=O)O[C@@H](C[C@H](O)[C@@H](C)CCC(O)C(O)/C=C(\C)[C@@H]1C/C=C/C=C/[C@H](O)[C@H](C)[C@@H](O)[C@@H](CCC(C)=O)C(=O)N[C@@H](C(C)C)C(=O)NC(c3cc(O)c(F)c(F)c3)C(=O)N3CCCC(N3)C(=O)O1)[C@H](C)[C@H](O)[C@@H]2C. The number of nitrogens with zero attached hydrogens (tertiary/aromatic N) is 1. The van der Waals surface area contributed by atoms with Crippen LogP contribution in [0.3, 0.4) is 0 Å². The van der Waals surface area contributed by atoms with E-state index in [0.717, 1.165) is 11.1 Å². The van der Waals surface area contributed by atoms with E-state index < -0.39 is 149 Å². The maximum Gasteiger partial charge on any atom is 0.325 e. The molecule has 2 bridgehead atoms. The van der Waals surface area contributed by atoms with Crippen molar-refractivity contribution >= 4 is 35.4 Å². The first-order chi connectivity index (χ1) is 38.0. The Balaban J connectivity index is 1.39. The van der Waals surface area contributed by atoms with E-state index in [1.807, 2.05) is 27.7 Å². The maximum atomic E-state index is 14.9. The van der Waals surface area contributed by atoms with Crippen molar-refractivity contribution in [3.05, 3.63) is 65.3 Å². The summed E-state index contributed by atoms with van der Waals surface area (Å²) in [6.45, 7) is 16.9. The highest BCUT2D eigenvalue weighted by atomic mass is 19.2. The summed E-state index contributed by atoms with van der Waals surface area (Å²) in [5.74, 6) is -12.9. The molecule has 81 heavy (non-hydrogen) atoms. The summed E-state index contributed by atoms with van der Waals surface area (Å²) in [4.78, 5) is 82.2. The van der Waals surface area contributed by atoms with Crippen molar-refractivity contribution in [2.45, 2.75) is 206 Å². The molecule has 20 nitrogen and oxygen atoms in total. The number of phenols is 1. The molecule has 0 aliphatic carbocycles. The number of phenolic OH excluding ortho intramolecular Hbond substituents is 1. The maximum absolute atomic E-state index is 14.9. The number of nitrogens with one attached hydrogen (secondary N) is 4. The van der Waals surface area contributed by atoms with Gasteiger partial charge in [-0.2, -0.15) is 4.39 Å². The molecule has 0 aromatic heterocycles. The van der Waals surface area contributed by atoms with Gasteiger partial charge in [0, 0.05) is 55.4 Å². The molecule has 4 unspecified atom stereocenters. The number of piperidine rings is 1. The van der Waals surface area contributed by atoms with Gasteiger partial charge in [-0.3, -0.25) is 29.0 Å². The fourth-order valence-electron chi connectivity index (χ4n) is 11.5. The second-order valence-corrected chi connectivity index (χ2v) is 23.6. The van der Waals surface area contributed by atoms with Crippen LogP contribution in [-0.2, 0) is 38.2 Å². The van der Waals surface area contributed by atoms with Crippen molar-refractivity contribution in [1.82, 2.24) is 26.4 Å². The number of ketones is 1. The lowest BCUT2D eigenvalue weighted by Gasteiger charge is -2.56. The average molecular weight is 1150 g/mol. The molecule has 0 radical (unpaired) electrons. The number of hydrogen-bond acceptors (Lipinski definition) is 16. The van der Waals surface area contributed by atoms with Gasteiger partial charge in [0.05, 0.1) is 48.6 Å². The van der Waals surface area contributed by atoms with Crippen LogP contribution in [0.25, 0.3) is 0 Å². The molecule has 4 heterocycles. The highest BCUT2D eigenvalue weighted by Crippen LogP contribution is 2.46. The number of ether oxygens (including phenoxy) is 2. The molecule has 3 saturated heterocycles. The summed E-state index contributed by atoms with van der Waals surface area (Å²) in [6, 6.07) is -3.13. The van der Waals surface area contributed by atoms with Crippen molar-refractivity contribution in [3.8, 4) is 5.75 Å². The van der Waals surface area contributed by atoms with Gasteiger partial charge < -0.3 is 66.0 Å². The number of aliphatic hydroxyl groups excluding tert-OH is 6. The summed E-state index contributed by atoms with van der Waals surface area (Å²) >= 11 is 0. The van der Waals surface area contributed by atoms with E-state index in [1.165, 1.54) is 38.2 Å². The van der Waals surface area contributed by atoms with E-state index in [9.17, 15) is 73.3 Å². The summed E-state index contributed by atoms with van der Waals surface area (Å²) in [5.41, 5.74) is 1.62. The highest BCUT2D eigenvalue weighted by molar-refractivity contribution is 5.93. The van der Waals surface area contributed by atoms with Gasteiger partial charge >= 0.3 is 5.97 Å². The Labute approximate surface area is 474 Å². The van der Waals surface area contributed by atoms with E-state index in [2.05, 4.69) is 21.4 Å². The predicted molar refractivity (Wildman–Crippen MR) is 293 cm³/mol. The van der Waals surface area contributed by atoms with Gasteiger partial charge in [-0.15, -0.1) is 0 Å². The molecule has 22 heteroatoms. The second kappa shape index (κ2) is 29.4. The molecule has 4 aliphatic rings. The minimum Gasteiger partial charge on any atom is -0.505 e. The minimum absolute atomic E-state index is 0.0236. The molecule has 19 atom stereocenters. The van der Waals surface area contributed by atoms with Crippen molar-refractivity contribution in [3.63, 3.8) is 0 Å². The van der Waals surface area contributed by atoms with Crippen LogP contribution in [0.15, 0.2) is 48.1 Å². The largest absolute Gasteiger partial charge is 0.505 e. The lowest BCUT2D eigenvalue weighted by Crippen LogP contribution is -2.71. The number of carbonyl (C=O) groups excluding carboxylic acids is 6. The molecule has 5 rings (SSSR count). The number of rotatable bonds is 15. The number of hydrogen-bond donors (Lipinski definition) is 11. The molecule has 1 aromatic rings. The highest BCUT2D eigenvalue weighted by Gasteiger charge is 2.57. The number of hydrazine groups is 1. The van der Waals surface area contributed by atoms with Crippen molar-refractivity contribution in [1.29, 1.82) is 0 Å². The summed E-state index contributed by atoms with van der Waals surface area (Å²) in [6.07, 6.45) is -0.223. The van der Waals surface area contributed by atoms with Gasteiger partial charge in [0.25, 0.3) is 5.91 Å². The molecule has 1 spiro atoms. The molecule has 4 amide bonds. The Kier molecular flexibility index (Phi) is 24.1. The third kappa shape index (κ3) is 16.5. The quantitative estimate of drug-likeness (QED) is 0.0874. The third-order valence-electron chi connectivity index (χ3n) is 17.3. The molecule has 4 aliphatic heterocycles. The number of esters is 1. The Morgan fingerprint density at radius 1 is 0.901 bits per heavy atom. The fraction of sp³-hybridized carbons (Fsp3) is 0.695.